The second kappa shape index (κ2) is 7.94. The lowest BCUT2D eigenvalue weighted by Crippen LogP contribution is -2.46. The van der Waals surface area contributed by atoms with E-state index in [-0.39, 0.29) is 0 Å². The van der Waals surface area contributed by atoms with Crippen LogP contribution < -0.4 is 14.2 Å². The van der Waals surface area contributed by atoms with Gasteiger partial charge in [-0.25, -0.2) is 0 Å². The fraction of sp³-hybridized carbons (Fsp3) is 0.0476. The zero-order chi connectivity index (χ0) is 17.5. The van der Waals surface area contributed by atoms with Gasteiger partial charge in [0.25, 0.3) is 0 Å². The standard InChI is InChI=1S/C21H17O3.Al.2H/c1-17(22-18-11-5-2-6-12-18)21(23-19-13-7-3-8-14-19)24-20-15-9-4-10-16-20;;;/h2-16H,1H2;;;. The van der Waals surface area contributed by atoms with Crippen molar-refractivity contribution in [2.75, 3.05) is 0 Å². The van der Waals surface area contributed by atoms with Gasteiger partial charge >= 0.3 is 16.3 Å². The van der Waals surface area contributed by atoms with E-state index in [9.17, 15) is 0 Å². The van der Waals surface area contributed by atoms with Gasteiger partial charge < -0.3 is 14.2 Å². The Hall–Kier alpha value is -2.67. The first-order chi connectivity index (χ1) is 12.2. The Morgan fingerprint density at radius 3 is 1.40 bits per heavy atom. The Balaban J connectivity index is 1.86. The van der Waals surface area contributed by atoms with Crippen LogP contribution in [0.3, 0.4) is 0 Å². The highest BCUT2D eigenvalue weighted by molar-refractivity contribution is 6.15. The number of hydrogen-bond donors (Lipinski definition) is 0. The van der Waals surface area contributed by atoms with Crippen LogP contribution >= 0.6 is 0 Å². The van der Waals surface area contributed by atoms with Crippen molar-refractivity contribution >= 4 is 16.3 Å². The number of hydrogen-bond acceptors (Lipinski definition) is 3. The molecule has 0 aliphatic rings. The van der Waals surface area contributed by atoms with Crippen LogP contribution in [-0.4, -0.2) is 20.9 Å². The highest BCUT2D eigenvalue weighted by atomic mass is 27.0. The lowest BCUT2D eigenvalue weighted by molar-refractivity contribution is -0.0313. The fourth-order valence-electron chi connectivity index (χ4n) is 2.29. The minimum atomic E-state index is -1.06. The van der Waals surface area contributed by atoms with Gasteiger partial charge in [0.1, 0.15) is 17.2 Å². The summed E-state index contributed by atoms with van der Waals surface area (Å²) in [5.74, 6) is 2.51. The van der Waals surface area contributed by atoms with E-state index in [1.807, 2.05) is 91.0 Å². The molecule has 3 aromatic rings. The molecule has 0 fully saturated rings. The minimum absolute atomic E-state index is 0.415. The van der Waals surface area contributed by atoms with Gasteiger partial charge in [0.15, 0.2) is 5.76 Å². The van der Waals surface area contributed by atoms with Crippen LogP contribution in [0.4, 0.5) is 0 Å². The number of rotatable bonds is 7. The highest BCUT2D eigenvalue weighted by Crippen LogP contribution is 2.27. The topological polar surface area (TPSA) is 27.7 Å². The summed E-state index contributed by atoms with van der Waals surface area (Å²) in [6.45, 7) is 4.08. The van der Waals surface area contributed by atoms with E-state index in [0.717, 1.165) is 0 Å². The van der Waals surface area contributed by atoms with Gasteiger partial charge in [0, 0.05) is 0 Å². The van der Waals surface area contributed by atoms with Gasteiger partial charge in [-0.3, -0.25) is 0 Å². The Morgan fingerprint density at radius 1 is 0.640 bits per heavy atom. The molecule has 3 rings (SSSR count). The predicted octanol–water partition coefficient (Wildman–Crippen LogP) is 4.02. The minimum Gasteiger partial charge on any atom is -0.462 e. The SMILES string of the molecule is C=C(Oc1ccccc1)[C]([AlH2])(Oc1ccccc1)Oc1ccccc1. The molecule has 0 spiro atoms. The summed E-state index contributed by atoms with van der Waals surface area (Å²) in [6, 6.07) is 28.6. The summed E-state index contributed by atoms with van der Waals surface area (Å²) in [4.78, 5) is 0. The van der Waals surface area contributed by atoms with E-state index in [2.05, 4.69) is 6.58 Å². The van der Waals surface area contributed by atoms with Crippen LogP contribution in [0.2, 0.25) is 0 Å². The molecule has 0 unspecified atom stereocenters. The van der Waals surface area contributed by atoms with Crippen molar-refractivity contribution in [3.8, 4) is 17.2 Å². The quantitative estimate of drug-likeness (QED) is 0.367. The fourth-order valence-corrected chi connectivity index (χ4v) is 2.86. The molecule has 3 aromatic carbocycles. The molecule has 0 heterocycles. The van der Waals surface area contributed by atoms with Crippen molar-refractivity contribution in [3.05, 3.63) is 103 Å². The lowest BCUT2D eigenvalue weighted by atomic mass is 10.3. The van der Waals surface area contributed by atoms with E-state index in [0.29, 0.717) is 39.3 Å². The third kappa shape index (κ3) is 4.67. The van der Waals surface area contributed by atoms with E-state index < -0.39 is 4.65 Å². The molecule has 0 saturated carbocycles. The maximum Gasteiger partial charge on any atom is 0.364 e. The van der Waals surface area contributed by atoms with Gasteiger partial charge in [-0.15, -0.1) is 0 Å². The summed E-state index contributed by atoms with van der Waals surface area (Å²) < 4.78 is 17.2. The molecular weight excluding hydrogens is 327 g/mol. The van der Waals surface area contributed by atoms with Crippen LogP contribution in [-0.2, 0) is 0 Å². The van der Waals surface area contributed by atoms with E-state index in [1.165, 1.54) is 0 Å². The maximum absolute atomic E-state index is 6.15. The van der Waals surface area contributed by atoms with Crippen LogP contribution in [0, 0.1) is 0 Å². The molecule has 0 aliphatic carbocycles. The average Bonchev–Trinajstić information content (AvgIpc) is 2.64. The second-order valence-corrected chi connectivity index (χ2v) is 6.93. The lowest BCUT2D eigenvalue weighted by Gasteiger charge is -2.34. The third-order valence-corrected chi connectivity index (χ3v) is 4.57. The smallest absolute Gasteiger partial charge is 0.364 e. The predicted molar refractivity (Wildman–Crippen MR) is 102 cm³/mol. The first-order valence-electron chi connectivity index (χ1n) is 8.06. The molecule has 0 N–H and O–H groups in total. The molecule has 0 aromatic heterocycles. The van der Waals surface area contributed by atoms with Gasteiger partial charge in [0.2, 0.25) is 4.65 Å². The number of benzene rings is 3. The van der Waals surface area contributed by atoms with Gasteiger partial charge in [-0.05, 0) is 36.4 Å². The van der Waals surface area contributed by atoms with Crippen molar-refractivity contribution in [3.63, 3.8) is 0 Å². The van der Waals surface area contributed by atoms with E-state index in [1.54, 1.807) is 0 Å². The Morgan fingerprint density at radius 2 is 1.00 bits per heavy atom. The monoisotopic (exact) mass is 346 g/mol. The van der Waals surface area contributed by atoms with Crippen molar-refractivity contribution in [1.29, 1.82) is 0 Å². The summed E-state index contributed by atoms with van der Waals surface area (Å²) in [5, 5.41) is 0. The molecule has 0 radical (unpaired) electrons. The average molecular weight is 346 g/mol. The Labute approximate surface area is 155 Å². The zero-order valence-corrected chi connectivity index (χ0v) is 16.1. The molecule has 0 amide bonds. The maximum atomic E-state index is 6.15. The molecule has 0 bridgehead atoms. The zero-order valence-electron chi connectivity index (χ0n) is 14.1. The number of para-hydroxylation sites is 3. The largest absolute Gasteiger partial charge is 0.462 e. The highest BCUT2D eigenvalue weighted by Gasteiger charge is 2.34. The summed E-state index contributed by atoms with van der Waals surface area (Å²) >= 11 is 0.514. The van der Waals surface area contributed by atoms with E-state index in [4.69, 9.17) is 14.2 Å². The first-order valence-corrected chi connectivity index (χ1v) is 9.06. The van der Waals surface area contributed by atoms with Crippen molar-refractivity contribution in [2.45, 2.75) is 4.65 Å². The van der Waals surface area contributed by atoms with Crippen molar-refractivity contribution < 1.29 is 14.2 Å². The first kappa shape index (κ1) is 17.2. The van der Waals surface area contributed by atoms with Crippen LogP contribution in [0.25, 0.3) is 0 Å². The molecule has 0 atom stereocenters. The van der Waals surface area contributed by atoms with Crippen molar-refractivity contribution in [2.24, 2.45) is 0 Å². The molecule has 25 heavy (non-hydrogen) atoms. The summed E-state index contributed by atoms with van der Waals surface area (Å²) in [6.07, 6.45) is 0. The third-order valence-electron chi connectivity index (χ3n) is 3.60. The van der Waals surface area contributed by atoms with Crippen LogP contribution in [0.15, 0.2) is 103 Å². The van der Waals surface area contributed by atoms with Gasteiger partial charge in [-0.1, -0.05) is 61.2 Å². The normalized spacial score (nSPS) is 10.7. The van der Waals surface area contributed by atoms with Gasteiger partial charge in [0.05, 0.1) is 0 Å². The van der Waals surface area contributed by atoms with E-state index >= 15 is 0 Å². The Kier molecular flexibility index (Phi) is 5.45. The van der Waals surface area contributed by atoms with Crippen molar-refractivity contribution in [1.82, 2.24) is 0 Å². The Bertz CT molecular complexity index is 763. The second-order valence-electron chi connectivity index (χ2n) is 5.61. The molecule has 124 valence electrons. The summed E-state index contributed by atoms with van der Waals surface area (Å²) in [7, 11) is 0. The van der Waals surface area contributed by atoms with Gasteiger partial charge in [-0.2, -0.15) is 0 Å². The van der Waals surface area contributed by atoms with Crippen LogP contribution in [0.1, 0.15) is 0 Å². The van der Waals surface area contributed by atoms with Crippen LogP contribution in [0.5, 0.6) is 17.2 Å². The molecule has 0 saturated heterocycles. The molecule has 0 aliphatic heterocycles. The molecule has 3 nitrogen and oxygen atoms in total. The number of ether oxygens (including phenoxy) is 3. The summed E-state index contributed by atoms with van der Waals surface area (Å²) in [5.41, 5.74) is 0. The molecule has 4 heteroatoms. The molecular formula is C21H19AlO3.